The lowest BCUT2D eigenvalue weighted by Gasteiger charge is -2.14. The highest BCUT2D eigenvalue weighted by Crippen LogP contribution is 2.14. The lowest BCUT2D eigenvalue weighted by atomic mass is 10.1. The first kappa shape index (κ1) is 23.5. The van der Waals surface area contributed by atoms with Gasteiger partial charge >= 0.3 is 22.1 Å². The number of aliphatic carboxylic acids is 1. The number of hydrogen-bond donors (Lipinski definition) is 2. The molecular formula is C16H28O8S. The van der Waals surface area contributed by atoms with Crippen LogP contribution < -0.4 is 0 Å². The van der Waals surface area contributed by atoms with Crippen LogP contribution in [0.5, 0.6) is 0 Å². The van der Waals surface area contributed by atoms with E-state index in [0.29, 0.717) is 6.42 Å². The van der Waals surface area contributed by atoms with Crippen molar-refractivity contribution in [2.45, 2.75) is 83.0 Å². The number of hydrogen-bond acceptors (Lipinski definition) is 6. The van der Waals surface area contributed by atoms with Gasteiger partial charge in [0.1, 0.15) is 5.78 Å². The van der Waals surface area contributed by atoms with Crippen LogP contribution in [0.2, 0.25) is 0 Å². The van der Waals surface area contributed by atoms with Crippen LogP contribution in [0.4, 0.5) is 0 Å². The summed E-state index contributed by atoms with van der Waals surface area (Å²) in [6, 6.07) is 0. The molecule has 1 atom stereocenters. The minimum Gasteiger partial charge on any atom is -0.481 e. The second kappa shape index (κ2) is 12.8. The van der Waals surface area contributed by atoms with Gasteiger partial charge in [0, 0.05) is 6.42 Å². The van der Waals surface area contributed by atoms with Crippen LogP contribution in [0.1, 0.15) is 77.6 Å². The van der Waals surface area contributed by atoms with Crippen LogP contribution in [0.3, 0.4) is 0 Å². The molecule has 0 saturated heterocycles. The van der Waals surface area contributed by atoms with Crippen molar-refractivity contribution in [3.8, 4) is 0 Å². The van der Waals surface area contributed by atoms with Crippen molar-refractivity contribution < 1.29 is 37.2 Å². The van der Waals surface area contributed by atoms with Crippen molar-refractivity contribution in [3.05, 3.63) is 0 Å². The van der Waals surface area contributed by atoms with Gasteiger partial charge in [-0.2, -0.15) is 8.42 Å². The second-order valence-corrected chi connectivity index (χ2v) is 7.50. The van der Waals surface area contributed by atoms with Crippen LogP contribution >= 0.6 is 0 Å². The first-order valence-electron chi connectivity index (χ1n) is 8.56. The molecule has 2 N–H and O–H groups in total. The summed E-state index contributed by atoms with van der Waals surface area (Å²) in [5.74, 6) is -2.76. The Labute approximate surface area is 148 Å². The molecule has 0 rings (SSSR count). The number of ketones is 1. The van der Waals surface area contributed by atoms with Crippen molar-refractivity contribution in [1.82, 2.24) is 0 Å². The molecule has 0 aliphatic rings. The molecule has 0 aromatic carbocycles. The molecule has 0 heterocycles. The van der Waals surface area contributed by atoms with Crippen LogP contribution in [0.15, 0.2) is 0 Å². The summed E-state index contributed by atoms with van der Waals surface area (Å²) >= 11 is 0. The van der Waals surface area contributed by atoms with Gasteiger partial charge in [0.25, 0.3) is 0 Å². The zero-order valence-corrected chi connectivity index (χ0v) is 15.4. The summed E-state index contributed by atoms with van der Waals surface area (Å²) in [4.78, 5) is 33.6. The highest BCUT2D eigenvalue weighted by molar-refractivity contribution is 7.86. The van der Waals surface area contributed by atoms with E-state index in [1.54, 1.807) is 0 Å². The summed E-state index contributed by atoms with van der Waals surface area (Å²) in [5.41, 5.74) is -1.98. The third-order valence-corrected chi connectivity index (χ3v) is 4.52. The topological polar surface area (TPSA) is 135 Å². The Morgan fingerprint density at radius 2 is 1.48 bits per heavy atom. The van der Waals surface area contributed by atoms with Gasteiger partial charge in [0.2, 0.25) is 5.44 Å². The Balaban J connectivity index is 4.23. The van der Waals surface area contributed by atoms with Crippen molar-refractivity contribution in [2.75, 3.05) is 0 Å². The lowest BCUT2D eigenvalue weighted by molar-refractivity contribution is -0.150. The minimum atomic E-state index is -4.75. The zero-order valence-electron chi connectivity index (χ0n) is 14.6. The molecule has 0 bridgehead atoms. The van der Waals surface area contributed by atoms with E-state index in [-0.39, 0.29) is 6.42 Å². The fourth-order valence-corrected chi connectivity index (χ4v) is 2.81. The summed E-state index contributed by atoms with van der Waals surface area (Å²) in [5, 5.41) is 8.46. The summed E-state index contributed by atoms with van der Waals surface area (Å²) < 4.78 is 36.1. The molecule has 0 aromatic rings. The van der Waals surface area contributed by atoms with Crippen LogP contribution in [-0.4, -0.2) is 41.2 Å². The van der Waals surface area contributed by atoms with Crippen LogP contribution in [0, 0.1) is 0 Å². The van der Waals surface area contributed by atoms with Crippen molar-refractivity contribution in [1.29, 1.82) is 0 Å². The fraction of sp³-hybridized carbons (Fsp3) is 0.812. The van der Waals surface area contributed by atoms with Crippen LogP contribution in [-0.2, 0) is 29.2 Å². The molecular weight excluding hydrogens is 352 g/mol. The molecule has 9 heteroatoms. The maximum absolute atomic E-state index is 11.8. The summed E-state index contributed by atoms with van der Waals surface area (Å²) in [7, 11) is -4.75. The molecule has 8 nitrogen and oxygen atoms in total. The maximum Gasteiger partial charge on any atom is 0.307 e. The van der Waals surface area contributed by atoms with E-state index in [1.807, 2.05) is 0 Å². The normalized spacial score (nSPS) is 12.6. The number of unbranched alkanes of at least 4 members (excludes halogenated alkanes) is 6. The average Bonchev–Trinajstić information content (AvgIpc) is 2.50. The van der Waals surface area contributed by atoms with E-state index < -0.39 is 52.5 Å². The highest BCUT2D eigenvalue weighted by atomic mass is 32.2. The standard InChI is InChI=1S/C16H28O8S/c1-2-3-4-5-6-7-8-9-13(17)12-16(25(21,22)23)24-15(20)11-10-14(18)19/h16H,2-12H2,1H3,(H,18,19)(H,21,22,23). The van der Waals surface area contributed by atoms with E-state index in [4.69, 9.17) is 9.66 Å². The Bertz CT molecular complexity index is 526. The Kier molecular flexibility index (Phi) is 12.1. The molecule has 0 radical (unpaired) electrons. The van der Waals surface area contributed by atoms with Gasteiger partial charge in [0.05, 0.1) is 19.3 Å². The smallest absolute Gasteiger partial charge is 0.307 e. The molecule has 1 unspecified atom stereocenters. The number of rotatable bonds is 15. The Morgan fingerprint density at radius 3 is 2.00 bits per heavy atom. The van der Waals surface area contributed by atoms with Gasteiger partial charge < -0.3 is 9.84 Å². The van der Waals surface area contributed by atoms with Crippen molar-refractivity contribution in [3.63, 3.8) is 0 Å². The van der Waals surface area contributed by atoms with Crippen molar-refractivity contribution in [2.24, 2.45) is 0 Å². The second-order valence-electron chi connectivity index (χ2n) is 5.94. The van der Waals surface area contributed by atoms with E-state index in [0.717, 1.165) is 32.1 Å². The molecule has 0 spiro atoms. The number of esters is 1. The third kappa shape index (κ3) is 13.5. The van der Waals surface area contributed by atoms with Gasteiger partial charge in [0.15, 0.2) is 0 Å². The molecule has 0 saturated carbocycles. The predicted molar refractivity (Wildman–Crippen MR) is 90.5 cm³/mol. The van der Waals surface area contributed by atoms with Gasteiger partial charge in [-0.25, -0.2) is 0 Å². The maximum atomic E-state index is 11.8. The van der Waals surface area contributed by atoms with Gasteiger partial charge in [-0.1, -0.05) is 45.4 Å². The molecule has 0 fully saturated rings. The highest BCUT2D eigenvalue weighted by Gasteiger charge is 2.29. The minimum absolute atomic E-state index is 0.145. The average molecular weight is 380 g/mol. The number of carboxylic acids is 1. The molecule has 0 aromatic heterocycles. The first-order chi connectivity index (χ1) is 11.7. The molecule has 0 aliphatic heterocycles. The summed E-state index contributed by atoms with van der Waals surface area (Å²) in [6.45, 7) is 2.12. The number of carbonyl (C=O) groups is 3. The van der Waals surface area contributed by atoms with E-state index in [1.165, 1.54) is 6.42 Å². The number of carboxylic acid groups (broad SMARTS) is 1. The fourth-order valence-electron chi connectivity index (χ4n) is 2.19. The van der Waals surface area contributed by atoms with Crippen molar-refractivity contribution >= 4 is 27.8 Å². The van der Waals surface area contributed by atoms with Gasteiger partial charge in [-0.3, -0.25) is 18.9 Å². The van der Waals surface area contributed by atoms with E-state index in [2.05, 4.69) is 11.7 Å². The predicted octanol–water partition coefficient (Wildman–Crippen LogP) is 2.71. The van der Waals surface area contributed by atoms with Crippen LogP contribution in [0.25, 0.3) is 0 Å². The van der Waals surface area contributed by atoms with E-state index >= 15 is 0 Å². The number of Topliss-reactive ketones (excluding diaryl/α,β-unsaturated/α-hetero) is 1. The molecule has 0 aliphatic carbocycles. The SMILES string of the molecule is CCCCCCCCCC(=O)CC(OC(=O)CCC(=O)O)S(=O)(=O)O. The van der Waals surface area contributed by atoms with E-state index in [9.17, 15) is 22.8 Å². The molecule has 146 valence electrons. The quantitative estimate of drug-likeness (QED) is 0.251. The number of carbonyl (C=O) groups excluding carboxylic acids is 2. The third-order valence-electron chi connectivity index (χ3n) is 3.59. The van der Waals surface area contributed by atoms with Gasteiger partial charge in [-0.05, 0) is 6.42 Å². The number of ether oxygens (including phenoxy) is 1. The Hall–Kier alpha value is -1.48. The lowest BCUT2D eigenvalue weighted by Crippen LogP contribution is -2.29. The molecule has 0 amide bonds. The first-order valence-corrected chi connectivity index (χ1v) is 10.1. The summed E-state index contributed by atoms with van der Waals surface area (Å²) in [6.07, 6.45) is 5.50. The largest absolute Gasteiger partial charge is 0.481 e. The Morgan fingerprint density at radius 1 is 0.920 bits per heavy atom. The van der Waals surface area contributed by atoms with Gasteiger partial charge in [-0.15, -0.1) is 0 Å². The zero-order chi connectivity index (χ0) is 19.3. The molecule has 25 heavy (non-hydrogen) atoms. The monoisotopic (exact) mass is 380 g/mol.